The average molecular weight is 459 g/mol. The third kappa shape index (κ3) is 4.91. The zero-order chi connectivity index (χ0) is 24.3. The normalized spacial score (nSPS) is 14.2. The zero-order valence-electron chi connectivity index (χ0n) is 20.1. The number of amides is 2. The molecule has 0 saturated carbocycles. The quantitative estimate of drug-likeness (QED) is 0.435. The molecule has 3 aromatic rings. The minimum absolute atomic E-state index is 0.0174. The van der Waals surface area contributed by atoms with Crippen molar-refractivity contribution >= 4 is 23.1 Å². The molecule has 0 bridgehead atoms. The summed E-state index contributed by atoms with van der Waals surface area (Å²) < 4.78 is 11.0. The van der Waals surface area contributed by atoms with Gasteiger partial charge in [0.2, 0.25) is 0 Å². The number of anilines is 1. The van der Waals surface area contributed by atoms with E-state index in [-0.39, 0.29) is 29.5 Å². The van der Waals surface area contributed by atoms with Crippen LogP contribution >= 0.6 is 0 Å². The molecule has 0 radical (unpaired) electrons. The van der Waals surface area contributed by atoms with E-state index in [1.807, 2.05) is 55.5 Å². The van der Waals surface area contributed by atoms with Gasteiger partial charge in [0.05, 0.1) is 25.0 Å². The van der Waals surface area contributed by atoms with E-state index in [1.54, 1.807) is 12.1 Å². The van der Waals surface area contributed by atoms with Gasteiger partial charge in [-0.05, 0) is 59.4 Å². The van der Waals surface area contributed by atoms with E-state index in [0.717, 1.165) is 17.9 Å². The highest BCUT2D eigenvalue weighted by Gasteiger charge is 2.39. The standard InChI is InChI=1S/C28H30N2O4/c1-5-16-33-22-14-8-19(9-15-22)24-25(29-21-12-10-20(11-13-21)28(2,3)4)27(32)30(26(24)31)18-23-7-6-17-34-23/h6-15,17,29H,5,16,18H2,1-4H3. The number of hydrogen-bond acceptors (Lipinski definition) is 5. The van der Waals surface area contributed by atoms with E-state index in [9.17, 15) is 9.59 Å². The summed E-state index contributed by atoms with van der Waals surface area (Å²) in [5.41, 5.74) is 3.18. The van der Waals surface area contributed by atoms with E-state index in [4.69, 9.17) is 9.15 Å². The number of carbonyl (C=O) groups excluding carboxylic acids is 2. The monoisotopic (exact) mass is 458 g/mol. The lowest BCUT2D eigenvalue weighted by Gasteiger charge is -2.19. The largest absolute Gasteiger partial charge is 0.494 e. The Hall–Kier alpha value is -3.80. The number of carbonyl (C=O) groups is 2. The van der Waals surface area contributed by atoms with E-state index in [1.165, 1.54) is 16.7 Å². The molecule has 2 heterocycles. The van der Waals surface area contributed by atoms with Crippen LogP contribution in [0.2, 0.25) is 0 Å². The Balaban J connectivity index is 1.68. The number of ether oxygens (including phenoxy) is 1. The van der Waals surface area contributed by atoms with Crippen LogP contribution in [-0.4, -0.2) is 23.3 Å². The number of imide groups is 1. The molecular formula is C28H30N2O4. The first kappa shape index (κ1) is 23.4. The van der Waals surface area contributed by atoms with E-state index >= 15 is 0 Å². The van der Waals surface area contributed by atoms with Crippen molar-refractivity contribution in [1.82, 2.24) is 4.90 Å². The third-order valence-corrected chi connectivity index (χ3v) is 5.70. The fourth-order valence-electron chi connectivity index (χ4n) is 3.80. The van der Waals surface area contributed by atoms with Crippen LogP contribution < -0.4 is 10.1 Å². The van der Waals surface area contributed by atoms with Crippen molar-refractivity contribution < 1.29 is 18.7 Å². The maximum atomic E-state index is 13.4. The van der Waals surface area contributed by atoms with Crippen LogP contribution in [0.3, 0.4) is 0 Å². The molecular weight excluding hydrogens is 428 g/mol. The molecule has 2 aromatic carbocycles. The summed E-state index contributed by atoms with van der Waals surface area (Å²) in [6.07, 6.45) is 2.43. The topological polar surface area (TPSA) is 71.8 Å². The molecule has 2 amide bonds. The van der Waals surface area contributed by atoms with Crippen LogP contribution in [0.25, 0.3) is 5.57 Å². The SMILES string of the molecule is CCCOc1ccc(C2=C(Nc3ccc(C(C)(C)C)cc3)C(=O)N(Cc3ccco3)C2=O)cc1. The van der Waals surface area contributed by atoms with Crippen molar-refractivity contribution in [1.29, 1.82) is 0 Å². The maximum Gasteiger partial charge on any atom is 0.278 e. The Bertz CT molecular complexity index is 1180. The molecule has 34 heavy (non-hydrogen) atoms. The molecule has 0 aliphatic carbocycles. The number of hydrogen-bond donors (Lipinski definition) is 1. The number of furan rings is 1. The number of nitrogens with one attached hydrogen (secondary N) is 1. The van der Waals surface area contributed by atoms with Crippen LogP contribution in [0.15, 0.2) is 77.0 Å². The zero-order valence-corrected chi connectivity index (χ0v) is 20.1. The molecule has 0 atom stereocenters. The second kappa shape index (κ2) is 9.59. The van der Waals surface area contributed by atoms with Gasteiger partial charge >= 0.3 is 0 Å². The van der Waals surface area contributed by atoms with Gasteiger partial charge in [-0.2, -0.15) is 0 Å². The maximum absolute atomic E-state index is 13.4. The minimum atomic E-state index is -0.386. The smallest absolute Gasteiger partial charge is 0.278 e. The number of benzene rings is 2. The molecule has 0 unspecified atom stereocenters. The number of nitrogens with zero attached hydrogens (tertiary/aromatic N) is 1. The summed E-state index contributed by atoms with van der Waals surface area (Å²) in [4.78, 5) is 28.0. The van der Waals surface area contributed by atoms with Crippen molar-refractivity contribution in [2.45, 2.75) is 46.1 Å². The highest BCUT2D eigenvalue weighted by atomic mass is 16.5. The van der Waals surface area contributed by atoms with Gasteiger partial charge in [-0.3, -0.25) is 14.5 Å². The molecule has 0 fully saturated rings. The molecule has 4 rings (SSSR count). The van der Waals surface area contributed by atoms with E-state index in [2.05, 4.69) is 26.1 Å². The van der Waals surface area contributed by atoms with Crippen LogP contribution in [0.5, 0.6) is 5.75 Å². The Morgan fingerprint density at radius 3 is 2.24 bits per heavy atom. The summed E-state index contributed by atoms with van der Waals surface area (Å²) in [7, 11) is 0. The second-order valence-corrected chi connectivity index (χ2v) is 9.35. The highest BCUT2D eigenvalue weighted by molar-refractivity contribution is 6.36. The van der Waals surface area contributed by atoms with Crippen molar-refractivity contribution in [2.24, 2.45) is 0 Å². The molecule has 0 saturated heterocycles. The third-order valence-electron chi connectivity index (χ3n) is 5.70. The van der Waals surface area contributed by atoms with Gasteiger partial charge < -0.3 is 14.5 Å². The highest BCUT2D eigenvalue weighted by Crippen LogP contribution is 2.33. The minimum Gasteiger partial charge on any atom is -0.494 e. The average Bonchev–Trinajstić information content (AvgIpc) is 3.41. The first-order valence-corrected chi connectivity index (χ1v) is 11.5. The summed E-state index contributed by atoms with van der Waals surface area (Å²) >= 11 is 0. The van der Waals surface area contributed by atoms with Gasteiger partial charge in [-0.25, -0.2) is 0 Å². The Labute approximate surface area is 200 Å². The molecule has 1 aromatic heterocycles. The van der Waals surface area contributed by atoms with E-state index in [0.29, 0.717) is 23.5 Å². The van der Waals surface area contributed by atoms with Gasteiger partial charge in [-0.15, -0.1) is 0 Å². The van der Waals surface area contributed by atoms with Crippen molar-refractivity contribution in [2.75, 3.05) is 11.9 Å². The lowest BCUT2D eigenvalue weighted by Crippen LogP contribution is -2.31. The fraction of sp³-hybridized carbons (Fsp3) is 0.286. The Kier molecular flexibility index (Phi) is 6.59. The van der Waals surface area contributed by atoms with Crippen molar-refractivity contribution in [3.63, 3.8) is 0 Å². The molecule has 0 spiro atoms. The summed E-state index contributed by atoms with van der Waals surface area (Å²) in [5, 5.41) is 3.21. The van der Waals surface area contributed by atoms with Gasteiger partial charge in [0.25, 0.3) is 11.8 Å². The van der Waals surface area contributed by atoms with Gasteiger partial charge in [0, 0.05) is 5.69 Å². The van der Waals surface area contributed by atoms with E-state index < -0.39 is 0 Å². The van der Waals surface area contributed by atoms with Gasteiger partial charge in [-0.1, -0.05) is 52.0 Å². The molecule has 1 N–H and O–H groups in total. The summed E-state index contributed by atoms with van der Waals surface area (Å²) in [5.74, 6) is 0.517. The van der Waals surface area contributed by atoms with Crippen molar-refractivity contribution in [3.8, 4) is 5.75 Å². The molecule has 6 heteroatoms. The summed E-state index contributed by atoms with van der Waals surface area (Å²) in [6.45, 7) is 9.18. The Morgan fingerprint density at radius 2 is 1.65 bits per heavy atom. The van der Waals surface area contributed by atoms with Crippen LogP contribution in [0.4, 0.5) is 5.69 Å². The lowest BCUT2D eigenvalue weighted by atomic mass is 9.87. The number of rotatable bonds is 8. The van der Waals surface area contributed by atoms with Crippen molar-refractivity contribution in [3.05, 3.63) is 89.5 Å². The lowest BCUT2D eigenvalue weighted by molar-refractivity contribution is -0.137. The van der Waals surface area contributed by atoms with Gasteiger partial charge in [0.15, 0.2) is 0 Å². The second-order valence-electron chi connectivity index (χ2n) is 9.35. The molecule has 1 aliphatic rings. The van der Waals surface area contributed by atoms with Gasteiger partial charge in [0.1, 0.15) is 17.2 Å². The first-order valence-electron chi connectivity index (χ1n) is 11.5. The molecule has 1 aliphatic heterocycles. The summed E-state index contributed by atoms with van der Waals surface area (Å²) in [6, 6.07) is 18.7. The van der Waals surface area contributed by atoms with Crippen LogP contribution in [0, 0.1) is 0 Å². The Morgan fingerprint density at radius 1 is 0.941 bits per heavy atom. The first-order chi connectivity index (χ1) is 16.3. The predicted octanol–water partition coefficient (Wildman–Crippen LogP) is 5.76. The molecule has 176 valence electrons. The van der Waals surface area contributed by atoms with Crippen LogP contribution in [0.1, 0.15) is 51.0 Å². The van der Waals surface area contributed by atoms with Crippen LogP contribution in [-0.2, 0) is 21.5 Å². The predicted molar refractivity (Wildman–Crippen MR) is 132 cm³/mol. The fourth-order valence-corrected chi connectivity index (χ4v) is 3.80. The molecule has 6 nitrogen and oxygen atoms in total.